The highest BCUT2D eigenvalue weighted by Gasteiger charge is 2.38. The summed E-state index contributed by atoms with van der Waals surface area (Å²) in [5, 5.41) is 0. The Morgan fingerprint density at radius 3 is 1.05 bits per heavy atom. The van der Waals surface area contributed by atoms with E-state index in [1.54, 1.807) is 0 Å². The molecule has 8 heterocycles. The molecule has 8 saturated heterocycles. The lowest BCUT2D eigenvalue weighted by Crippen LogP contribution is -2.43. The molecule has 0 saturated carbocycles. The maximum absolute atomic E-state index is 12.3. The minimum Gasteiger partial charge on any atom is -0.430 e. The fourth-order valence-corrected chi connectivity index (χ4v) is 9.42. The van der Waals surface area contributed by atoms with E-state index < -0.39 is 98.1 Å². The highest BCUT2D eigenvalue weighted by Crippen LogP contribution is 2.41. The van der Waals surface area contributed by atoms with Crippen molar-refractivity contribution in [2.45, 2.75) is 68.1 Å². The monoisotopic (exact) mass is 1040 g/mol. The number of hydrogen-bond acceptors (Lipinski definition) is 27. The molecule has 0 radical (unpaired) electrons. The van der Waals surface area contributed by atoms with Crippen molar-refractivity contribution in [2.24, 2.45) is 0 Å². The second-order valence-electron chi connectivity index (χ2n) is 18.1. The van der Waals surface area contributed by atoms with E-state index in [1.807, 2.05) is 57.2 Å². The number of ether oxygens (including phenoxy) is 16. The van der Waals surface area contributed by atoms with Crippen LogP contribution in [0.25, 0.3) is 16.7 Å². The summed E-state index contributed by atoms with van der Waals surface area (Å²) in [6, 6.07) is 11.1. The first-order valence-corrected chi connectivity index (χ1v) is 23.7. The molecule has 0 amide bonds. The molecule has 0 bridgehead atoms. The molecule has 396 valence electrons. The van der Waals surface area contributed by atoms with E-state index in [0.717, 1.165) is 0 Å². The van der Waals surface area contributed by atoms with Crippen LogP contribution in [0.1, 0.15) is 24.8 Å². The first kappa shape index (κ1) is 49.3. The molecule has 10 rings (SSSR count). The molecule has 8 unspecified atom stereocenters. The maximum atomic E-state index is 12.3. The number of anilines is 3. The number of benzene rings is 2. The van der Waals surface area contributed by atoms with Gasteiger partial charge in [-0.1, -0.05) is 18.2 Å². The summed E-state index contributed by atoms with van der Waals surface area (Å²) < 4.78 is 84.8. The number of allylic oxidation sites excluding steroid dienone is 1. The molecule has 27 heteroatoms. The third kappa shape index (κ3) is 12.1. The maximum Gasteiger partial charge on any atom is 0.508 e. The zero-order valence-corrected chi connectivity index (χ0v) is 39.3. The number of carbonyl (C=O) groups excluding carboxylic acids is 8. The Bertz CT molecular complexity index is 2470. The van der Waals surface area contributed by atoms with Crippen molar-refractivity contribution in [2.75, 3.05) is 107 Å². The largest absolute Gasteiger partial charge is 0.508 e. The summed E-state index contributed by atoms with van der Waals surface area (Å²) in [7, 11) is 0. The standard InChI is InChI=1S/C47H49N3O24/c51-40-59-17-28(67-40)5-1-25(2-6-29-18-60-41(52)68-29)36-9-26(3-7-37(36)48(11-30-19-61-42(53)69-30)12-31-20-62-43(54)70-31)27-4-8-38(49(13-32-21-63-44(55)71-32)14-33-22-64-45(56)72-33)39(10-27)50(15-34-23-65-46(57)73-34)16-35-24-66-47(58)74-35/h1,3-4,7-10,28-35H,2,5-6,11-24H2/b25-1-. The molecule has 0 N–H and O–H groups in total. The Morgan fingerprint density at radius 1 is 0.378 bits per heavy atom. The van der Waals surface area contributed by atoms with Gasteiger partial charge in [0.25, 0.3) is 0 Å². The minimum atomic E-state index is -0.868. The molecule has 2 aromatic rings. The van der Waals surface area contributed by atoms with Gasteiger partial charge in [-0.2, -0.15) is 0 Å². The number of hydrogen-bond donors (Lipinski definition) is 0. The van der Waals surface area contributed by atoms with Gasteiger partial charge in [-0.05, 0) is 53.8 Å². The summed E-state index contributed by atoms with van der Waals surface area (Å²) in [5.41, 5.74) is 4.16. The van der Waals surface area contributed by atoms with Crippen LogP contribution in [0.4, 0.5) is 55.4 Å². The average Bonchev–Trinajstić information content (AvgIpc) is 4.26. The second kappa shape index (κ2) is 21.8. The van der Waals surface area contributed by atoms with Crippen molar-refractivity contribution in [3.63, 3.8) is 0 Å². The van der Waals surface area contributed by atoms with Crippen molar-refractivity contribution >= 4 is 71.9 Å². The Kier molecular flexibility index (Phi) is 14.6. The zero-order valence-electron chi connectivity index (χ0n) is 39.3. The van der Waals surface area contributed by atoms with Gasteiger partial charge in [-0.15, -0.1) is 0 Å². The molecule has 2 aromatic carbocycles. The van der Waals surface area contributed by atoms with Crippen LogP contribution in [0.3, 0.4) is 0 Å². The predicted molar refractivity (Wildman–Crippen MR) is 240 cm³/mol. The van der Waals surface area contributed by atoms with Crippen LogP contribution in [0.2, 0.25) is 0 Å². The van der Waals surface area contributed by atoms with Crippen LogP contribution in [0.5, 0.6) is 0 Å². The molecular formula is C47H49N3O24. The van der Waals surface area contributed by atoms with Crippen LogP contribution < -0.4 is 14.7 Å². The lowest BCUT2D eigenvalue weighted by atomic mass is 9.91. The average molecular weight is 1040 g/mol. The Morgan fingerprint density at radius 2 is 0.689 bits per heavy atom. The molecule has 8 aliphatic heterocycles. The molecule has 8 fully saturated rings. The van der Waals surface area contributed by atoms with E-state index in [4.69, 9.17) is 75.8 Å². The predicted octanol–water partition coefficient (Wildman–Crippen LogP) is 4.61. The van der Waals surface area contributed by atoms with Gasteiger partial charge in [0.15, 0.2) is 36.6 Å². The zero-order chi connectivity index (χ0) is 51.3. The first-order chi connectivity index (χ1) is 35.8. The number of nitrogens with zero attached hydrogens (tertiary/aromatic N) is 3. The van der Waals surface area contributed by atoms with Crippen LogP contribution in [0, 0.1) is 0 Å². The molecular weight excluding hydrogens is 991 g/mol. The normalized spacial score (nSPS) is 26.8. The van der Waals surface area contributed by atoms with Crippen LogP contribution in [0.15, 0.2) is 42.5 Å². The first-order valence-electron chi connectivity index (χ1n) is 23.7. The fraction of sp³-hybridized carbons (Fsp3) is 0.532. The van der Waals surface area contributed by atoms with E-state index in [9.17, 15) is 38.4 Å². The van der Waals surface area contributed by atoms with Crippen molar-refractivity contribution in [1.82, 2.24) is 0 Å². The molecule has 27 nitrogen and oxygen atoms in total. The van der Waals surface area contributed by atoms with Crippen molar-refractivity contribution in [3.8, 4) is 11.1 Å². The Labute approximate surface area is 419 Å². The number of cyclic esters (lactones) is 16. The van der Waals surface area contributed by atoms with Crippen LogP contribution in [-0.2, 0) is 75.8 Å². The molecule has 0 aromatic heterocycles. The molecule has 8 aliphatic rings. The van der Waals surface area contributed by atoms with Gasteiger partial charge in [0.1, 0.15) is 65.1 Å². The topological polar surface area (TPSA) is 294 Å². The lowest BCUT2D eigenvalue weighted by molar-refractivity contribution is 0.113. The van der Waals surface area contributed by atoms with E-state index in [-0.39, 0.29) is 98.5 Å². The highest BCUT2D eigenvalue weighted by atomic mass is 16.8. The van der Waals surface area contributed by atoms with Gasteiger partial charge in [-0.3, -0.25) is 0 Å². The van der Waals surface area contributed by atoms with Gasteiger partial charge < -0.3 is 90.5 Å². The van der Waals surface area contributed by atoms with Crippen molar-refractivity contribution in [1.29, 1.82) is 0 Å². The van der Waals surface area contributed by atoms with Crippen molar-refractivity contribution < 1.29 is 114 Å². The third-order valence-corrected chi connectivity index (χ3v) is 12.8. The number of rotatable bonds is 22. The quantitative estimate of drug-likeness (QED) is 0.115. The smallest absolute Gasteiger partial charge is 0.430 e. The van der Waals surface area contributed by atoms with Crippen LogP contribution >= 0.6 is 0 Å². The number of carbonyl (C=O) groups is 8. The second-order valence-corrected chi connectivity index (χ2v) is 18.1. The fourth-order valence-electron chi connectivity index (χ4n) is 9.42. The van der Waals surface area contributed by atoms with Crippen LogP contribution in [-0.4, -0.2) is 190 Å². The minimum absolute atomic E-state index is 0.00320. The summed E-state index contributed by atoms with van der Waals surface area (Å²) in [6.07, 6.45) is -9.82. The summed E-state index contributed by atoms with van der Waals surface area (Å²) in [5.74, 6) is 0. The third-order valence-electron chi connectivity index (χ3n) is 12.8. The molecule has 0 aliphatic carbocycles. The SMILES string of the molecule is O=C1OCC(C/C=C(/CCC2COC(=O)O2)c2cc(-c3ccc(N(CC4COC(=O)O4)CC4COC(=O)O4)c(N(CC4COC(=O)O4)CC4COC(=O)O4)c3)ccc2N(CC2COC(=O)O2)CC2COC(=O)O2)O1. The van der Waals surface area contributed by atoms with E-state index in [1.165, 1.54) is 0 Å². The summed E-state index contributed by atoms with van der Waals surface area (Å²) in [6.45, 7) is -0.0936. The van der Waals surface area contributed by atoms with Gasteiger partial charge in [0, 0.05) is 17.7 Å². The van der Waals surface area contributed by atoms with Gasteiger partial charge >= 0.3 is 49.2 Å². The molecule has 8 atom stereocenters. The van der Waals surface area contributed by atoms with E-state index in [2.05, 4.69) is 0 Å². The van der Waals surface area contributed by atoms with Crippen molar-refractivity contribution in [3.05, 3.63) is 48.0 Å². The summed E-state index contributed by atoms with van der Waals surface area (Å²) >= 11 is 0. The Hall–Kier alpha value is -8.26. The lowest BCUT2D eigenvalue weighted by Gasteiger charge is -2.35. The Balaban J connectivity index is 1.10. The molecule has 74 heavy (non-hydrogen) atoms. The van der Waals surface area contributed by atoms with Gasteiger partial charge in [-0.25, -0.2) is 38.4 Å². The van der Waals surface area contributed by atoms with E-state index >= 15 is 0 Å². The molecule has 0 spiro atoms. The highest BCUT2D eigenvalue weighted by molar-refractivity contribution is 5.85. The van der Waals surface area contributed by atoms with Gasteiger partial charge in [0.05, 0.1) is 50.6 Å². The summed E-state index contributed by atoms with van der Waals surface area (Å²) in [4.78, 5) is 103. The van der Waals surface area contributed by atoms with Gasteiger partial charge in [0.2, 0.25) is 0 Å². The van der Waals surface area contributed by atoms with E-state index in [0.29, 0.717) is 52.2 Å².